The molecule has 1 aliphatic heterocycles. The topological polar surface area (TPSA) is 73.1 Å². The van der Waals surface area contributed by atoms with Crippen LogP contribution in [0.4, 0.5) is 0 Å². The van der Waals surface area contributed by atoms with Crippen LogP contribution in [-0.2, 0) is 9.84 Å². The number of rotatable bonds is 2. The molecule has 0 saturated carbocycles. The Labute approximate surface area is 95.8 Å². The van der Waals surface area contributed by atoms with Gasteiger partial charge in [-0.25, -0.2) is 8.42 Å². The van der Waals surface area contributed by atoms with E-state index >= 15 is 0 Å². The Balaban J connectivity index is 2.14. The number of pyridine rings is 1. The first-order chi connectivity index (χ1) is 7.48. The Morgan fingerprint density at radius 1 is 1.50 bits per heavy atom. The summed E-state index contributed by atoms with van der Waals surface area (Å²) in [5.41, 5.74) is 7.93. The van der Waals surface area contributed by atoms with Gasteiger partial charge in [-0.2, -0.15) is 0 Å². The fraction of sp³-hybridized carbons (Fsp3) is 0.545. The highest BCUT2D eigenvalue weighted by Crippen LogP contribution is 2.29. The monoisotopic (exact) mass is 240 g/mol. The average molecular weight is 240 g/mol. The van der Waals surface area contributed by atoms with E-state index in [9.17, 15) is 8.42 Å². The average Bonchev–Trinajstić information content (AvgIpc) is 2.59. The lowest BCUT2D eigenvalue weighted by Gasteiger charge is -2.17. The summed E-state index contributed by atoms with van der Waals surface area (Å²) >= 11 is 0. The molecule has 2 atom stereocenters. The first-order valence-corrected chi connectivity index (χ1v) is 7.19. The minimum Gasteiger partial charge on any atom is -0.324 e. The minimum atomic E-state index is -2.86. The van der Waals surface area contributed by atoms with Crippen LogP contribution in [0.2, 0.25) is 0 Å². The van der Waals surface area contributed by atoms with Crippen molar-refractivity contribution < 1.29 is 8.42 Å². The molecule has 0 aromatic carbocycles. The summed E-state index contributed by atoms with van der Waals surface area (Å²) < 4.78 is 22.7. The minimum absolute atomic E-state index is 0.0366. The highest BCUT2D eigenvalue weighted by atomic mass is 32.2. The highest BCUT2D eigenvalue weighted by Gasteiger charge is 2.32. The van der Waals surface area contributed by atoms with Crippen LogP contribution in [0.25, 0.3) is 0 Å². The lowest BCUT2D eigenvalue weighted by atomic mass is 9.94. The molecule has 4 nitrogen and oxygen atoms in total. The van der Waals surface area contributed by atoms with Gasteiger partial charge in [0.05, 0.1) is 11.5 Å². The second-order valence-corrected chi connectivity index (χ2v) is 6.65. The van der Waals surface area contributed by atoms with E-state index in [0.29, 0.717) is 6.42 Å². The summed E-state index contributed by atoms with van der Waals surface area (Å²) in [4.78, 5) is 4.18. The number of sulfone groups is 1. The summed E-state index contributed by atoms with van der Waals surface area (Å²) in [7, 11) is -2.86. The third kappa shape index (κ3) is 2.41. The molecule has 88 valence electrons. The molecule has 0 amide bonds. The van der Waals surface area contributed by atoms with Crippen molar-refractivity contribution in [3.8, 4) is 0 Å². The summed E-state index contributed by atoms with van der Waals surface area (Å²) in [5.74, 6) is 0.515. The van der Waals surface area contributed by atoms with Crippen LogP contribution in [0.5, 0.6) is 0 Å². The predicted molar refractivity (Wildman–Crippen MR) is 62.7 cm³/mol. The van der Waals surface area contributed by atoms with E-state index in [0.717, 1.165) is 11.3 Å². The zero-order valence-electron chi connectivity index (χ0n) is 9.26. The molecule has 2 N–H and O–H groups in total. The summed E-state index contributed by atoms with van der Waals surface area (Å²) in [6.07, 6.45) is 2.41. The number of aromatic nitrogens is 1. The quantitative estimate of drug-likeness (QED) is 0.830. The Kier molecular flexibility index (Phi) is 2.99. The van der Waals surface area contributed by atoms with E-state index in [1.54, 1.807) is 6.20 Å². The third-order valence-corrected chi connectivity index (χ3v) is 4.89. The van der Waals surface area contributed by atoms with Crippen molar-refractivity contribution in [2.45, 2.75) is 19.4 Å². The van der Waals surface area contributed by atoms with Crippen LogP contribution in [0.1, 0.15) is 23.7 Å². The van der Waals surface area contributed by atoms with Crippen molar-refractivity contribution in [1.29, 1.82) is 0 Å². The predicted octanol–water partition coefficient (Wildman–Crippen LogP) is 0.825. The zero-order chi connectivity index (χ0) is 11.8. The molecule has 2 heterocycles. The van der Waals surface area contributed by atoms with Crippen LogP contribution in [0.15, 0.2) is 18.3 Å². The first kappa shape index (κ1) is 11.5. The number of hydrogen-bond acceptors (Lipinski definition) is 4. The Morgan fingerprint density at radius 2 is 2.25 bits per heavy atom. The van der Waals surface area contributed by atoms with E-state index < -0.39 is 9.84 Å². The Bertz CT molecular complexity index is 467. The zero-order valence-corrected chi connectivity index (χ0v) is 10.1. The lowest BCUT2D eigenvalue weighted by molar-refractivity contribution is 0.479. The molecule has 1 aromatic rings. The molecule has 5 heteroatoms. The van der Waals surface area contributed by atoms with Gasteiger partial charge in [-0.15, -0.1) is 0 Å². The molecule has 0 aliphatic carbocycles. The maximum Gasteiger partial charge on any atom is 0.150 e. The molecule has 0 bridgehead atoms. The van der Waals surface area contributed by atoms with Crippen molar-refractivity contribution in [2.75, 3.05) is 11.5 Å². The van der Waals surface area contributed by atoms with Gasteiger partial charge in [-0.05, 0) is 30.9 Å². The second-order valence-electron chi connectivity index (χ2n) is 4.42. The number of aryl methyl sites for hydroxylation is 1. The maximum absolute atomic E-state index is 11.4. The molecular formula is C11H16N2O2S. The van der Waals surface area contributed by atoms with Gasteiger partial charge in [-0.3, -0.25) is 4.98 Å². The highest BCUT2D eigenvalue weighted by molar-refractivity contribution is 7.91. The van der Waals surface area contributed by atoms with Crippen molar-refractivity contribution >= 4 is 9.84 Å². The summed E-state index contributed by atoms with van der Waals surface area (Å²) in [6, 6.07) is 3.61. The molecule has 0 radical (unpaired) electrons. The van der Waals surface area contributed by atoms with Crippen LogP contribution >= 0.6 is 0 Å². The molecule has 0 spiro atoms. The van der Waals surface area contributed by atoms with Crippen LogP contribution < -0.4 is 5.73 Å². The SMILES string of the molecule is Cc1ccc(C(N)C2CCS(=O)(=O)C2)cn1. The van der Waals surface area contributed by atoms with Crippen molar-refractivity contribution in [3.63, 3.8) is 0 Å². The smallest absolute Gasteiger partial charge is 0.150 e. The lowest BCUT2D eigenvalue weighted by Crippen LogP contribution is -2.22. The van der Waals surface area contributed by atoms with Gasteiger partial charge in [0.15, 0.2) is 9.84 Å². The molecule has 1 aromatic heterocycles. The van der Waals surface area contributed by atoms with Crippen LogP contribution in [0.3, 0.4) is 0 Å². The van der Waals surface area contributed by atoms with E-state index in [4.69, 9.17) is 5.73 Å². The van der Waals surface area contributed by atoms with Crippen LogP contribution in [-0.4, -0.2) is 24.9 Å². The standard InChI is InChI=1S/C11H16N2O2S/c1-8-2-3-9(6-13-8)11(12)10-4-5-16(14,15)7-10/h2-3,6,10-11H,4-5,7,12H2,1H3. The van der Waals surface area contributed by atoms with E-state index in [1.165, 1.54) is 0 Å². The number of nitrogens with zero attached hydrogens (tertiary/aromatic N) is 1. The number of hydrogen-bond donors (Lipinski definition) is 1. The van der Waals surface area contributed by atoms with E-state index in [1.807, 2.05) is 19.1 Å². The Morgan fingerprint density at radius 3 is 2.75 bits per heavy atom. The molecular weight excluding hydrogens is 224 g/mol. The van der Waals surface area contributed by atoms with E-state index in [2.05, 4.69) is 4.98 Å². The number of nitrogens with two attached hydrogens (primary N) is 1. The maximum atomic E-state index is 11.4. The summed E-state index contributed by atoms with van der Waals surface area (Å²) in [6.45, 7) is 1.91. The van der Waals surface area contributed by atoms with Crippen molar-refractivity contribution in [3.05, 3.63) is 29.6 Å². The van der Waals surface area contributed by atoms with Gasteiger partial charge in [0.1, 0.15) is 0 Å². The van der Waals surface area contributed by atoms with Crippen molar-refractivity contribution in [1.82, 2.24) is 4.98 Å². The van der Waals surface area contributed by atoms with Gasteiger partial charge in [-0.1, -0.05) is 6.07 Å². The molecule has 1 saturated heterocycles. The first-order valence-electron chi connectivity index (χ1n) is 5.36. The van der Waals surface area contributed by atoms with Crippen molar-refractivity contribution in [2.24, 2.45) is 11.7 Å². The third-order valence-electron chi connectivity index (χ3n) is 3.09. The largest absolute Gasteiger partial charge is 0.324 e. The molecule has 1 aliphatic rings. The van der Waals surface area contributed by atoms with Gasteiger partial charge in [0, 0.05) is 17.9 Å². The Hall–Kier alpha value is -0.940. The molecule has 2 rings (SSSR count). The summed E-state index contributed by atoms with van der Waals surface area (Å²) in [5, 5.41) is 0. The molecule has 1 fully saturated rings. The molecule has 16 heavy (non-hydrogen) atoms. The van der Waals surface area contributed by atoms with Gasteiger partial charge >= 0.3 is 0 Å². The van der Waals surface area contributed by atoms with Gasteiger partial charge < -0.3 is 5.73 Å². The van der Waals surface area contributed by atoms with Gasteiger partial charge in [0.25, 0.3) is 0 Å². The normalized spacial score (nSPS) is 25.5. The van der Waals surface area contributed by atoms with Crippen LogP contribution in [0, 0.1) is 12.8 Å². The fourth-order valence-corrected chi connectivity index (χ4v) is 3.91. The fourth-order valence-electron chi connectivity index (χ4n) is 2.06. The van der Waals surface area contributed by atoms with Gasteiger partial charge in [0.2, 0.25) is 0 Å². The molecule has 2 unspecified atom stereocenters. The second kappa shape index (κ2) is 4.14. The van der Waals surface area contributed by atoms with E-state index in [-0.39, 0.29) is 23.5 Å².